The highest BCUT2D eigenvalue weighted by molar-refractivity contribution is 7.86. The molecule has 0 saturated heterocycles. The number of phenolic OH excluding ortho intramolecular Hbond substituents is 4. The monoisotopic (exact) mass is 848 g/mol. The van der Waals surface area contributed by atoms with Crippen LogP contribution in [-0.2, 0) is 61.9 Å². The molecule has 0 spiro atoms. The van der Waals surface area contributed by atoms with Crippen LogP contribution in [0.2, 0.25) is 0 Å². The lowest BCUT2D eigenvalue weighted by Gasteiger charge is -2.19. The van der Waals surface area contributed by atoms with E-state index in [0.717, 1.165) is 35.7 Å². The van der Waals surface area contributed by atoms with Crippen molar-refractivity contribution in [3.63, 3.8) is 0 Å². The third kappa shape index (κ3) is 8.39. The first-order valence-corrected chi connectivity index (χ1v) is 21.4. The van der Waals surface area contributed by atoms with E-state index in [0.29, 0.717) is 27.8 Å². The van der Waals surface area contributed by atoms with Crippen molar-refractivity contribution in [3.8, 4) is 23.0 Å². The molecule has 0 amide bonds. The largest absolute Gasteiger partial charge is 0.507 e. The van der Waals surface area contributed by atoms with Gasteiger partial charge >= 0.3 is 10.6 Å². The second-order valence-electron chi connectivity index (χ2n) is 14.6. The summed E-state index contributed by atoms with van der Waals surface area (Å²) < 4.78 is 97.2. The highest BCUT2D eigenvalue weighted by Crippen LogP contribution is 2.41. The van der Waals surface area contributed by atoms with Gasteiger partial charge in [0, 0.05) is 65.6 Å². The van der Waals surface area contributed by atoms with Gasteiger partial charge < -0.3 is 20.4 Å². The van der Waals surface area contributed by atoms with Gasteiger partial charge in [0.05, 0.1) is 15.2 Å². The number of hydrogen-bond donors (Lipinski definition) is 6. The lowest BCUT2D eigenvalue weighted by atomic mass is 9.81. The van der Waals surface area contributed by atoms with Crippen LogP contribution in [0, 0.1) is 0 Å². The zero-order valence-corrected chi connectivity index (χ0v) is 33.7. The molecule has 0 unspecified atom stereocenters. The molecule has 1 aliphatic heterocycles. The van der Waals surface area contributed by atoms with Crippen LogP contribution in [0.25, 0.3) is 6.08 Å². The molecule has 0 fully saturated rings. The molecule has 0 aromatic heterocycles. The van der Waals surface area contributed by atoms with Crippen LogP contribution in [0.4, 0.5) is 5.69 Å². The molecule has 1 aliphatic carbocycles. The van der Waals surface area contributed by atoms with Crippen molar-refractivity contribution in [2.75, 3.05) is 7.05 Å². The summed E-state index contributed by atoms with van der Waals surface area (Å²) in [6.45, 7) is 4.27. The molecular formula is C41H38NO13S3+. The third-order valence-corrected chi connectivity index (χ3v) is 12.1. The van der Waals surface area contributed by atoms with E-state index < -0.39 is 58.6 Å². The average Bonchev–Trinajstić information content (AvgIpc) is 3.32. The van der Waals surface area contributed by atoms with E-state index in [4.69, 9.17) is 12.6 Å². The molecule has 5 aromatic rings. The van der Waals surface area contributed by atoms with Crippen molar-refractivity contribution in [2.24, 2.45) is 0 Å². The van der Waals surface area contributed by atoms with E-state index in [1.165, 1.54) is 5.56 Å². The van der Waals surface area contributed by atoms with Crippen molar-refractivity contribution >= 4 is 48.3 Å². The SMILES string of the molecule is C[N+]1=C(/C=C/c2cc3c(O)c(c2)Cc2cc(S(=O)(=O)O)cc(c2O)Cc2cc(S(=O)(=O)O)cc(c2O)Cc2cccc(c2O)C3)C(C)(C)c2ccccc21.O=S(=O)=O. The molecule has 6 N–H and O–H groups in total. The molecule has 2 aliphatic rings. The van der Waals surface area contributed by atoms with Gasteiger partial charge in [-0.2, -0.15) is 21.4 Å². The Morgan fingerprint density at radius 2 is 0.931 bits per heavy atom. The molecule has 0 atom stereocenters. The Morgan fingerprint density at radius 3 is 1.33 bits per heavy atom. The summed E-state index contributed by atoms with van der Waals surface area (Å²) in [5, 5.41) is 46.2. The van der Waals surface area contributed by atoms with Gasteiger partial charge in [-0.15, -0.1) is 12.6 Å². The van der Waals surface area contributed by atoms with Crippen LogP contribution in [0.5, 0.6) is 23.0 Å². The van der Waals surface area contributed by atoms with Gasteiger partial charge in [0.15, 0.2) is 5.71 Å². The molecule has 5 aromatic carbocycles. The summed E-state index contributed by atoms with van der Waals surface area (Å²) in [5.74, 6) is -1.12. The number of phenols is 4. The first-order chi connectivity index (χ1) is 27.1. The van der Waals surface area contributed by atoms with Gasteiger partial charge in [0.2, 0.25) is 5.69 Å². The van der Waals surface area contributed by atoms with Gasteiger partial charge in [0.1, 0.15) is 30.0 Å². The Morgan fingerprint density at radius 1 is 0.569 bits per heavy atom. The van der Waals surface area contributed by atoms with E-state index in [1.54, 1.807) is 30.3 Å². The van der Waals surface area contributed by atoms with Gasteiger partial charge in [-0.3, -0.25) is 9.11 Å². The van der Waals surface area contributed by atoms with Crippen molar-refractivity contribution in [3.05, 3.63) is 141 Å². The molecule has 0 radical (unpaired) electrons. The number of nitrogens with zero attached hydrogens (tertiary/aromatic N) is 1. The number of para-hydroxylation sites is 2. The fourth-order valence-corrected chi connectivity index (χ4v) is 8.84. The van der Waals surface area contributed by atoms with Crippen molar-refractivity contribution in [2.45, 2.75) is 54.7 Å². The van der Waals surface area contributed by atoms with Gasteiger partial charge in [0.25, 0.3) is 20.2 Å². The maximum absolute atomic E-state index is 12.5. The first kappa shape index (κ1) is 41.8. The van der Waals surface area contributed by atoms with Crippen LogP contribution in [0.3, 0.4) is 0 Å². The third-order valence-electron chi connectivity index (χ3n) is 10.5. The van der Waals surface area contributed by atoms with Crippen molar-refractivity contribution in [1.82, 2.24) is 0 Å². The smallest absolute Gasteiger partial charge is 0.425 e. The Hall–Kier alpha value is -5.85. The molecule has 302 valence electrons. The van der Waals surface area contributed by atoms with Crippen LogP contribution in [0.15, 0.2) is 94.7 Å². The van der Waals surface area contributed by atoms with E-state index >= 15 is 0 Å². The number of hydrogen-bond acceptors (Lipinski definition) is 11. The highest BCUT2D eigenvalue weighted by Gasteiger charge is 2.42. The number of fused-ring (bicyclic) bond motifs is 9. The Bertz CT molecular complexity index is 2930. The molecule has 8 bridgehead atoms. The molecule has 58 heavy (non-hydrogen) atoms. The van der Waals surface area contributed by atoms with Crippen LogP contribution >= 0.6 is 0 Å². The summed E-state index contributed by atoms with van der Waals surface area (Å²) in [5.41, 5.74) is 4.88. The standard InChI is InChI=1S/C41H37NO10S2.O3S/c1-41(2)34-9-4-5-10-35(34)42(3)36(41)12-11-23-13-26-15-24-7-6-8-25(37(24)43)16-28-19-32(53(47,48)49)21-30(39(28)45)18-31-22-33(54(50,51)52)20-29(40(31)46)17-27(14-23)38(26)44;1-4(2)3/h4-14,19-22H,15-18H2,1-3H3,(H5,43,45,46,47,48,49,50,51,52);/p+1. The summed E-state index contributed by atoms with van der Waals surface area (Å²) in [6.07, 6.45) is 3.10. The normalized spacial score (nSPS) is 14.8. The molecule has 1 heterocycles. The van der Waals surface area contributed by atoms with Crippen molar-refractivity contribution in [1.29, 1.82) is 0 Å². The van der Waals surface area contributed by atoms with Gasteiger partial charge in [-0.25, -0.2) is 0 Å². The maximum Gasteiger partial charge on any atom is 0.425 e. The Labute approximate surface area is 335 Å². The van der Waals surface area contributed by atoms with Crippen molar-refractivity contribution < 1.29 is 63.6 Å². The average molecular weight is 849 g/mol. The van der Waals surface area contributed by atoms with E-state index in [2.05, 4.69) is 30.6 Å². The summed E-state index contributed by atoms with van der Waals surface area (Å²) in [7, 11) is -10.8. The summed E-state index contributed by atoms with van der Waals surface area (Å²) >= 11 is 0. The molecule has 7 rings (SSSR count). The molecule has 0 saturated carbocycles. The predicted molar refractivity (Wildman–Crippen MR) is 212 cm³/mol. The molecule has 14 nitrogen and oxygen atoms in total. The number of aromatic hydroxyl groups is 4. The molecular weight excluding hydrogens is 811 g/mol. The fourth-order valence-electron chi connectivity index (χ4n) is 7.67. The minimum Gasteiger partial charge on any atom is -0.507 e. The lowest BCUT2D eigenvalue weighted by Crippen LogP contribution is -2.26. The zero-order chi connectivity index (χ0) is 42.5. The maximum atomic E-state index is 12.5. The predicted octanol–water partition coefficient (Wildman–Crippen LogP) is 5.39. The summed E-state index contributed by atoms with van der Waals surface area (Å²) in [6, 6.07) is 20.7. The fraction of sp³-hybridized carbons (Fsp3) is 0.195. The lowest BCUT2D eigenvalue weighted by molar-refractivity contribution is -0.401. The topological polar surface area (TPSA) is 244 Å². The van der Waals surface area contributed by atoms with E-state index in [1.807, 2.05) is 31.3 Å². The minimum atomic E-state index is -4.84. The van der Waals surface area contributed by atoms with Gasteiger partial charge in [-0.05, 0) is 84.1 Å². The van der Waals surface area contributed by atoms with Gasteiger partial charge in [-0.1, -0.05) is 36.4 Å². The molecule has 17 heteroatoms. The number of allylic oxidation sites excluding steroid dienone is 1. The number of rotatable bonds is 4. The van der Waals surface area contributed by atoms with E-state index in [-0.39, 0.29) is 58.4 Å². The quantitative estimate of drug-likeness (QED) is 0.0964. The highest BCUT2D eigenvalue weighted by atomic mass is 32.2. The minimum absolute atomic E-state index is 0.00609. The second-order valence-corrected chi connectivity index (χ2v) is 17.8. The van der Waals surface area contributed by atoms with E-state index in [9.17, 15) is 46.4 Å². The number of benzene rings is 5. The summed E-state index contributed by atoms with van der Waals surface area (Å²) in [4.78, 5) is -1.14. The van der Waals surface area contributed by atoms with Crippen LogP contribution < -0.4 is 0 Å². The first-order valence-electron chi connectivity index (χ1n) is 17.5. The van der Waals surface area contributed by atoms with Crippen LogP contribution in [-0.4, -0.2) is 76.3 Å². The second kappa shape index (κ2) is 15.5. The Kier molecular flexibility index (Phi) is 11.2. The van der Waals surface area contributed by atoms with Crippen LogP contribution in [0.1, 0.15) is 69.5 Å². The Balaban J connectivity index is 0.00000135. The zero-order valence-electron chi connectivity index (χ0n) is 31.2.